The fourth-order valence-corrected chi connectivity index (χ4v) is 4.73. The molecule has 0 aromatic heterocycles. The Balaban J connectivity index is 1.35. The Bertz CT molecular complexity index is 1260. The van der Waals surface area contributed by atoms with E-state index in [1.807, 2.05) is 30.3 Å². The fourth-order valence-electron chi connectivity index (χ4n) is 3.71. The van der Waals surface area contributed by atoms with Gasteiger partial charge in [-0.05, 0) is 54.1 Å². The molecular weight excluding hydrogens is 454 g/mol. The standard InChI is InChI=1S/C25H25N3O5S/c1-33-22-11-9-21(10-12-22)28-17-19(15-24(28)29)25(30)27-20-7-13-23(14-8-20)34(31,32)26-16-18-5-3-2-4-6-18/h2-14,19,26H,15-17H2,1H3,(H,27,30). The van der Waals surface area contributed by atoms with E-state index in [0.717, 1.165) is 5.56 Å². The van der Waals surface area contributed by atoms with Crippen LogP contribution in [0.25, 0.3) is 0 Å². The van der Waals surface area contributed by atoms with Gasteiger partial charge in [0, 0.05) is 30.9 Å². The van der Waals surface area contributed by atoms with Crippen LogP contribution in [0.4, 0.5) is 11.4 Å². The maximum absolute atomic E-state index is 12.7. The topological polar surface area (TPSA) is 105 Å². The molecule has 1 aliphatic rings. The highest BCUT2D eigenvalue weighted by atomic mass is 32.2. The molecule has 1 fully saturated rings. The molecule has 3 aromatic carbocycles. The second-order valence-corrected chi connectivity index (χ2v) is 9.69. The normalized spacial score (nSPS) is 15.9. The SMILES string of the molecule is COc1ccc(N2CC(C(=O)Nc3ccc(S(=O)(=O)NCc4ccccc4)cc3)CC2=O)cc1. The molecule has 1 unspecified atom stereocenters. The summed E-state index contributed by atoms with van der Waals surface area (Å²) in [6.45, 7) is 0.453. The first-order valence-corrected chi connectivity index (χ1v) is 12.2. The third-order valence-electron chi connectivity index (χ3n) is 5.62. The largest absolute Gasteiger partial charge is 0.497 e. The van der Waals surface area contributed by atoms with Crippen LogP contribution in [-0.4, -0.2) is 33.9 Å². The number of nitrogens with one attached hydrogen (secondary N) is 2. The number of sulfonamides is 1. The van der Waals surface area contributed by atoms with Crippen LogP contribution in [0.3, 0.4) is 0 Å². The van der Waals surface area contributed by atoms with E-state index in [0.29, 0.717) is 17.1 Å². The summed E-state index contributed by atoms with van der Waals surface area (Å²) in [5.41, 5.74) is 2.02. The van der Waals surface area contributed by atoms with Gasteiger partial charge in [0.25, 0.3) is 0 Å². The van der Waals surface area contributed by atoms with Crippen molar-refractivity contribution >= 4 is 33.2 Å². The van der Waals surface area contributed by atoms with Crippen LogP contribution < -0.4 is 19.7 Å². The number of benzene rings is 3. The van der Waals surface area contributed by atoms with E-state index in [1.54, 1.807) is 36.3 Å². The molecular formula is C25H25N3O5S. The van der Waals surface area contributed by atoms with E-state index in [1.165, 1.54) is 24.3 Å². The van der Waals surface area contributed by atoms with Crippen molar-refractivity contribution in [3.8, 4) is 5.75 Å². The zero-order valence-corrected chi connectivity index (χ0v) is 19.4. The minimum absolute atomic E-state index is 0.100. The van der Waals surface area contributed by atoms with Gasteiger partial charge < -0.3 is 15.0 Å². The molecule has 1 aliphatic heterocycles. The first-order chi connectivity index (χ1) is 16.4. The number of amides is 2. The molecule has 0 bridgehead atoms. The second-order valence-electron chi connectivity index (χ2n) is 7.93. The van der Waals surface area contributed by atoms with Crippen molar-refractivity contribution in [1.82, 2.24) is 4.72 Å². The maximum Gasteiger partial charge on any atom is 0.240 e. The van der Waals surface area contributed by atoms with E-state index >= 15 is 0 Å². The monoisotopic (exact) mass is 479 g/mol. The first-order valence-electron chi connectivity index (χ1n) is 10.7. The number of nitrogens with zero attached hydrogens (tertiary/aromatic N) is 1. The number of carbonyl (C=O) groups excluding carboxylic acids is 2. The molecule has 176 valence electrons. The lowest BCUT2D eigenvalue weighted by molar-refractivity contribution is -0.122. The summed E-state index contributed by atoms with van der Waals surface area (Å²) in [6.07, 6.45) is 0.105. The summed E-state index contributed by atoms with van der Waals surface area (Å²) in [6, 6.07) is 22.3. The quantitative estimate of drug-likeness (QED) is 0.516. The van der Waals surface area contributed by atoms with Crippen molar-refractivity contribution in [3.63, 3.8) is 0 Å². The second kappa shape index (κ2) is 10.1. The van der Waals surface area contributed by atoms with Crippen molar-refractivity contribution in [2.45, 2.75) is 17.9 Å². The minimum Gasteiger partial charge on any atom is -0.497 e. The highest BCUT2D eigenvalue weighted by molar-refractivity contribution is 7.89. The zero-order valence-electron chi connectivity index (χ0n) is 18.6. The molecule has 0 aliphatic carbocycles. The van der Waals surface area contributed by atoms with E-state index in [9.17, 15) is 18.0 Å². The Morgan fingerprint density at radius 1 is 1.00 bits per heavy atom. The maximum atomic E-state index is 12.7. The van der Waals surface area contributed by atoms with Gasteiger partial charge in [0.2, 0.25) is 21.8 Å². The van der Waals surface area contributed by atoms with Crippen molar-refractivity contribution in [1.29, 1.82) is 0 Å². The molecule has 9 heteroatoms. The number of rotatable bonds is 8. The number of methoxy groups -OCH3 is 1. The van der Waals surface area contributed by atoms with E-state index in [2.05, 4.69) is 10.0 Å². The summed E-state index contributed by atoms with van der Waals surface area (Å²) in [5, 5.41) is 2.78. The van der Waals surface area contributed by atoms with Gasteiger partial charge in [0.1, 0.15) is 5.75 Å². The molecule has 2 N–H and O–H groups in total. The van der Waals surface area contributed by atoms with E-state index in [4.69, 9.17) is 4.74 Å². The highest BCUT2D eigenvalue weighted by Crippen LogP contribution is 2.27. The van der Waals surface area contributed by atoms with Crippen LogP contribution in [0.1, 0.15) is 12.0 Å². The smallest absolute Gasteiger partial charge is 0.240 e. The number of hydrogen-bond acceptors (Lipinski definition) is 5. The Hall–Kier alpha value is -3.69. The van der Waals surface area contributed by atoms with Crippen LogP contribution in [-0.2, 0) is 26.2 Å². The minimum atomic E-state index is -3.69. The summed E-state index contributed by atoms with van der Waals surface area (Å²) in [4.78, 5) is 26.9. The molecule has 1 atom stereocenters. The van der Waals surface area contributed by atoms with Crippen LogP contribution in [0.2, 0.25) is 0 Å². The molecule has 2 amide bonds. The average molecular weight is 480 g/mol. The van der Waals surface area contributed by atoms with Gasteiger partial charge in [-0.2, -0.15) is 0 Å². The van der Waals surface area contributed by atoms with Crippen molar-refractivity contribution < 1.29 is 22.7 Å². The van der Waals surface area contributed by atoms with Crippen LogP contribution >= 0.6 is 0 Å². The molecule has 0 radical (unpaired) electrons. The summed E-state index contributed by atoms with van der Waals surface area (Å²) >= 11 is 0. The molecule has 3 aromatic rings. The molecule has 34 heavy (non-hydrogen) atoms. The number of hydrogen-bond donors (Lipinski definition) is 2. The summed E-state index contributed by atoms with van der Waals surface area (Å²) in [7, 11) is -2.12. The third kappa shape index (κ3) is 5.44. The van der Waals surface area contributed by atoms with Crippen molar-refractivity contribution in [2.75, 3.05) is 23.9 Å². The third-order valence-corrected chi connectivity index (χ3v) is 7.04. The van der Waals surface area contributed by atoms with Gasteiger partial charge in [-0.25, -0.2) is 13.1 Å². The molecule has 1 saturated heterocycles. The van der Waals surface area contributed by atoms with Gasteiger partial charge in [0.05, 0.1) is 17.9 Å². The first kappa shape index (κ1) is 23.5. The highest BCUT2D eigenvalue weighted by Gasteiger charge is 2.35. The average Bonchev–Trinajstić information content (AvgIpc) is 3.25. The van der Waals surface area contributed by atoms with Crippen LogP contribution in [0.5, 0.6) is 5.75 Å². The van der Waals surface area contributed by atoms with Gasteiger partial charge in [0.15, 0.2) is 0 Å². The molecule has 0 spiro atoms. The Morgan fingerprint density at radius 3 is 2.32 bits per heavy atom. The molecule has 1 heterocycles. The lowest BCUT2D eigenvalue weighted by atomic mass is 10.1. The number of anilines is 2. The fraction of sp³-hybridized carbons (Fsp3) is 0.200. The van der Waals surface area contributed by atoms with Crippen molar-refractivity contribution in [3.05, 3.63) is 84.4 Å². The van der Waals surface area contributed by atoms with Gasteiger partial charge in [-0.1, -0.05) is 30.3 Å². The van der Waals surface area contributed by atoms with Gasteiger partial charge in [-0.15, -0.1) is 0 Å². The van der Waals surface area contributed by atoms with Crippen molar-refractivity contribution in [2.24, 2.45) is 5.92 Å². The predicted octanol–water partition coefficient (Wildman–Crippen LogP) is 3.17. The Kier molecular flexibility index (Phi) is 6.95. The predicted molar refractivity (Wildman–Crippen MR) is 129 cm³/mol. The van der Waals surface area contributed by atoms with Gasteiger partial charge in [-0.3, -0.25) is 9.59 Å². The summed E-state index contributed by atoms with van der Waals surface area (Å²) < 4.78 is 32.8. The lowest BCUT2D eigenvalue weighted by Crippen LogP contribution is -2.28. The Labute approximate surface area is 198 Å². The zero-order chi connectivity index (χ0) is 24.1. The summed E-state index contributed by atoms with van der Waals surface area (Å²) in [5.74, 6) is -0.241. The molecule has 0 saturated carbocycles. The van der Waals surface area contributed by atoms with E-state index in [-0.39, 0.29) is 36.2 Å². The Morgan fingerprint density at radius 2 is 1.68 bits per heavy atom. The van der Waals surface area contributed by atoms with Crippen LogP contribution in [0, 0.1) is 5.92 Å². The van der Waals surface area contributed by atoms with E-state index < -0.39 is 15.9 Å². The van der Waals surface area contributed by atoms with Gasteiger partial charge >= 0.3 is 0 Å². The van der Waals surface area contributed by atoms with Crippen LogP contribution in [0.15, 0.2) is 83.8 Å². The number of carbonyl (C=O) groups is 2. The number of ether oxygens (including phenoxy) is 1. The molecule has 4 rings (SSSR count). The lowest BCUT2D eigenvalue weighted by Gasteiger charge is -2.17. The molecule has 8 nitrogen and oxygen atoms in total.